The van der Waals surface area contributed by atoms with Gasteiger partial charge in [0.15, 0.2) is 5.78 Å². The lowest BCUT2D eigenvalue weighted by atomic mass is 10.1. The number of ether oxygens (including phenoxy) is 1. The van der Waals surface area contributed by atoms with E-state index >= 15 is 0 Å². The number of rotatable bonds is 8. The van der Waals surface area contributed by atoms with Gasteiger partial charge in [0, 0.05) is 24.2 Å². The summed E-state index contributed by atoms with van der Waals surface area (Å²) in [7, 11) is 3.30. The summed E-state index contributed by atoms with van der Waals surface area (Å²) in [5.74, 6) is -0.178. The molecule has 1 N–H and O–H groups in total. The molecule has 0 aliphatic rings. The predicted octanol–water partition coefficient (Wildman–Crippen LogP) is 1.22. The molecule has 110 valence electrons. The van der Waals surface area contributed by atoms with Gasteiger partial charge in [0.05, 0.1) is 19.7 Å². The van der Waals surface area contributed by atoms with Crippen LogP contribution in [0.4, 0.5) is 0 Å². The zero-order valence-corrected chi connectivity index (χ0v) is 12.4. The maximum Gasteiger partial charge on any atom is 0.234 e. The molecule has 1 amide bonds. The van der Waals surface area contributed by atoms with E-state index < -0.39 is 0 Å². The largest absolute Gasteiger partial charge is 0.383 e. The van der Waals surface area contributed by atoms with E-state index in [0.29, 0.717) is 23.7 Å². The van der Waals surface area contributed by atoms with E-state index in [2.05, 4.69) is 5.32 Å². The van der Waals surface area contributed by atoms with Crippen molar-refractivity contribution in [1.29, 1.82) is 0 Å². The van der Waals surface area contributed by atoms with Crippen LogP contribution in [-0.4, -0.2) is 57.0 Å². The third kappa shape index (κ3) is 6.14. The van der Waals surface area contributed by atoms with Crippen molar-refractivity contribution in [2.75, 3.05) is 40.4 Å². The third-order valence-electron chi connectivity index (χ3n) is 2.62. The smallest absolute Gasteiger partial charge is 0.234 e. The number of nitrogens with zero attached hydrogens (tertiary/aromatic N) is 1. The van der Waals surface area contributed by atoms with Crippen LogP contribution < -0.4 is 5.32 Å². The average Bonchev–Trinajstić information content (AvgIpc) is 2.39. The standard InChI is InChI=1S/C14H19ClN2O3/c1-17(10-14(19)16-7-8-20-2)9-13(18)11-3-5-12(15)6-4-11/h3-6H,7-10H2,1-2H3,(H,16,19). The lowest BCUT2D eigenvalue weighted by Crippen LogP contribution is -2.38. The Morgan fingerprint density at radius 3 is 2.50 bits per heavy atom. The highest BCUT2D eigenvalue weighted by atomic mass is 35.5. The van der Waals surface area contributed by atoms with Gasteiger partial charge in [0.1, 0.15) is 0 Å². The average molecular weight is 299 g/mol. The molecule has 0 atom stereocenters. The molecular weight excluding hydrogens is 280 g/mol. The zero-order chi connectivity index (χ0) is 15.0. The number of ketones is 1. The number of benzene rings is 1. The second-order valence-electron chi connectivity index (χ2n) is 4.45. The van der Waals surface area contributed by atoms with Gasteiger partial charge < -0.3 is 10.1 Å². The molecule has 0 unspecified atom stereocenters. The number of Topliss-reactive ketones (excluding diaryl/α,β-unsaturated/α-hetero) is 1. The SMILES string of the molecule is COCCNC(=O)CN(C)CC(=O)c1ccc(Cl)cc1. The minimum atomic E-state index is -0.131. The second kappa shape index (κ2) is 8.68. The molecule has 0 saturated carbocycles. The molecule has 1 rings (SSSR count). The van der Waals surface area contributed by atoms with Crippen LogP contribution in [-0.2, 0) is 9.53 Å². The van der Waals surface area contributed by atoms with Crippen LogP contribution in [0.15, 0.2) is 24.3 Å². The highest BCUT2D eigenvalue weighted by molar-refractivity contribution is 6.30. The van der Waals surface area contributed by atoms with Crippen LogP contribution in [0.25, 0.3) is 0 Å². The number of carbonyl (C=O) groups is 2. The number of halogens is 1. The normalized spacial score (nSPS) is 10.6. The third-order valence-corrected chi connectivity index (χ3v) is 2.87. The Bertz CT molecular complexity index is 448. The second-order valence-corrected chi connectivity index (χ2v) is 4.88. The summed E-state index contributed by atoms with van der Waals surface area (Å²) in [6, 6.07) is 6.70. The van der Waals surface area contributed by atoms with Crippen molar-refractivity contribution in [3.63, 3.8) is 0 Å². The molecular formula is C14H19ClN2O3. The van der Waals surface area contributed by atoms with Crippen molar-refractivity contribution in [3.05, 3.63) is 34.9 Å². The minimum Gasteiger partial charge on any atom is -0.383 e. The maximum absolute atomic E-state index is 12.0. The summed E-state index contributed by atoms with van der Waals surface area (Å²) in [5.41, 5.74) is 0.584. The Kier molecular flexibility index (Phi) is 7.22. The number of likely N-dealkylation sites (N-methyl/N-ethyl adjacent to an activating group) is 1. The highest BCUT2D eigenvalue weighted by Gasteiger charge is 2.12. The first kappa shape index (κ1) is 16.6. The Morgan fingerprint density at radius 2 is 1.90 bits per heavy atom. The van der Waals surface area contributed by atoms with Crippen molar-refractivity contribution < 1.29 is 14.3 Å². The minimum absolute atomic E-state index is 0.0474. The first-order chi connectivity index (χ1) is 9.52. The fourth-order valence-corrected chi connectivity index (χ4v) is 1.75. The van der Waals surface area contributed by atoms with Crippen molar-refractivity contribution in [1.82, 2.24) is 10.2 Å². The number of hydrogen-bond donors (Lipinski definition) is 1. The lowest BCUT2D eigenvalue weighted by molar-refractivity contribution is -0.122. The molecule has 0 aliphatic heterocycles. The summed E-state index contributed by atoms with van der Waals surface area (Å²) in [6.07, 6.45) is 0. The molecule has 1 aromatic rings. The van der Waals surface area contributed by atoms with Crippen molar-refractivity contribution in [2.45, 2.75) is 0 Å². The van der Waals surface area contributed by atoms with Gasteiger partial charge in [0.25, 0.3) is 0 Å². The van der Waals surface area contributed by atoms with Crippen LogP contribution in [0.5, 0.6) is 0 Å². The van der Waals surface area contributed by atoms with Crippen LogP contribution in [0.3, 0.4) is 0 Å². The summed E-state index contributed by atoms with van der Waals surface area (Å²) in [4.78, 5) is 25.2. The molecule has 20 heavy (non-hydrogen) atoms. The van der Waals surface area contributed by atoms with Crippen LogP contribution in [0.1, 0.15) is 10.4 Å². The molecule has 0 radical (unpaired) electrons. The van der Waals surface area contributed by atoms with Gasteiger partial charge in [-0.05, 0) is 31.3 Å². The first-order valence-electron chi connectivity index (χ1n) is 6.26. The fourth-order valence-electron chi connectivity index (χ4n) is 1.62. The van der Waals surface area contributed by atoms with E-state index in [1.165, 1.54) is 0 Å². The van der Waals surface area contributed by atoms with Gasteiger partial charge in [-0.15, -0.1) is 0 Å². The molecule has 0 spiro atoms. The molecule has 1 aromatic carbocycles. The number of carbonyl (C=O) groups excluding carboxylic acids is 2. The monoisotopic (exact) mass is 298 g/mol. The fraction of sp³-hybridized carbons (Fsp3) is 0.429. The molecule has 0 aromatic heterocycles. The molecule has 0 aliphatic carbocycles. The topological polar surface area (TPSA) is 58.6 Å². The summed E-state index contributed by atoms with van der Waals surface area (Å²) in [5, 5.41) is 3.29. The summed E-state index contributed by atoms with van der Waals surface area (Å²) in [6.45, 7) is 1.29. The maximum atomic E-state index is 12.0. The van der Waals surface area contributed by atoms with E-state index in [0.717, 1.165) is 0 Å². The highest BCUT2D eigenvalue weighted by Crippen LogP contribution is 2.10. The lowest BCUT2D eigenvalue weighted by Gasteiger charge is -2.15. The molecule has 6 heteroatoms. The van der Waals surface area contributed by atoms with E-state index in [1.54, 1.807) is 43.3 Å². The summed E-state index contributed by atoms with van der Waals surface area (Å²) < 4.78 is 4.84. The first-order valence-corrected chi connectivity index (χ1v) is 6.63. The van der Waals surface area contributed by atoms with E-state index in [-0.39, 0.29) is 24.8 Å². The molecule has 0 heterocycles. The van der Waals surface area contributed by atoms with E-state index in [9.17, 15) is 9.59 Å². The Morgan fingerprint density at radius 1 is 1.25 bits per heavy atom. The molecule has 5 nitrogen and oxygen atoms in total. The molecule has 0 bridgehead atoms. The zero-order valence-electron chi connectivity index (χ0n) is 11.7. The van der Waals surface area contributed by atoms with Crippen LogP contribution in [0.2, 0.25) is 5.02 Å². The Labute approximate surface area is 123 Å². The van der Waals surface area contributed by atoms with Crippen LogP contribution >= 0.6 is 11.6 Å². The summed E-state index contributed by atoms with van der Waals surface area (Å²) >= 11 is 5.77. The Balaban J connectivity index is 2.37. The number of amides is 1. The van der Waals surface area contributed by atoms with Gasteiger partial charge in [0.2, 0.25) is 5.91 Å². The van der Waals surface area contributed by atoms with Crippen molar-refractivity contribution >= 4 is 23.3 Å². The number of nitrogens with one attached hydrogen (secondary N) is 1. The van der Waals surface area contributed by atoms with E-state index in [1.807, 2.05) is 0 Å². The van der Waals surface area contributed by atoms with Gasteiger partial charge in [-0.3, -0.25) is 14.5 Å². The van der Waals surface area contributed by atoms with Gasteiger partial charge in [-0.2, -0.15) is 0 Å². The number of methoxy groups -OCH3 is 1. The molecule has 0 saturated heterocycles. The van der Waals surface area contributed by atoms with Crippen LogP contribution in [0, 0.1) is 0 Å². The predicted molar refractivity (Wildman–Crippen MR) is 78.2 cm³/mol. The van der Waals surface area contributed by atoms with Gasteiger partial charge in [-0.25, -0.2) is 0 Å². The quantitative estimate of drug-likeness (QED) is 0.579. The Hall–Kier alpha value is -1.43. The van der Waals surface area contributed by atoms with Crippen molar-refractivity contribution in [2.24, 2.45) is 0 Å². The number of hydrogen-bond acceptors (Lipinski definition) is 4. The van der Waals surface area contributed by atoms with Crippen molar-refractivity contribution in [3.8, 4) is 0 Å². The van der Waals surface area contributed by atoms with Gasteiger partial charge in [-0.1, -0.05) is 11.6 Å². The van der Waals surface area contributed by atoms with Gasteiger partial charge >= 0.3 is 0 Å². The molecule has 0 fully saturated rings. The van der Waals surface area contributed by atoms with E-state index in [4.69, 9.17) is 16.3 Å².